The van der Waals surface area contributed by atoms with Gasteiger partial charge in [-0.1, -0.05) is 25.5 Å². The number of nitrogens with two attached hydrogens (primary N) is 1. The first-order valence-electron chi connectivity index (χ1n) is 11.8. The van der Waals surface area contributed by atoms with Crippen molar-refractivity contribution in [1.82, 2.24) is 29.5 Å². The van der Waals surface area contributed by atoms with E-state index in [1.165, 1.54) is 0 Å². The van der Waals surface area contributed by atoms with Gasteiger partial charge in [0.2, 0.25) is 0 Å². The Hall–Kier alpha value is -3.88. The van der Waals surface area contributed by atoms with Crippen molar-refractivity contribution in [2.24, 2.45) is 12.8 Å². The largest absolute Gasteiger partial charge is 0.390 e. The van der Waals surface area contributed by atoms with Crippen molar-refractivity contribution in [2.45, 2.75) is 39.3 Å². The SMILES string of the molecule is CCCC(N)c1cccc(-c2cc(-c3cc(C)n(C)n3)c3cnn(-c4cccc(CO)n4)c3c2)n1. The molecule has 1 unspecified atom stereocenters. The molecule has 0 aliphatic heterocycles. The Balaban J connectivity index is 1.73. The molecule has 0 bridgehead atoms. The molecule has 5 aromatic rings. The standard InChI is InChI=1S/C27H29N7O/c1-4-7-22(28)24-10-6-9-23(31-24)18-13-20(25-12-17(2)33(3)32-25)21-15-29-34(26(21)14-18)27-11-5-8-19(16-35)30-27/h5-6,8-15,22,35H,4,7,16,28H2,1-3H3. The number of aliphatic hydroxyl groups is 1. The number of aliphatic hydroxyl groups excluding tert-OH is 1. The van der Waals surface area contributed by atoms with Crippen molar-refractivity contribution in [3.63, 3.8) is 0 Å². The fraction of sp³-hybridized carbons (Fsp3) is 0.259. The van der Waals surface area contributed by atoms with Crippen LogP contribution in [0.2, 0.25) is 0 Å². The van der Waals surface area contributed by atoms with Gasteiger partial charge in [0.15, 0.2) is 5.82 Å². The molecule has 4 aromatic heterocycles. The predicted octanol–water partition coefficient (Wildman–Crippen LogP) is 4.48. The molecule has 35 heavy (non-hydrogen) atoms. The van der Waals surface area contributed by atoms with Crippen molar-refractivity contribution in [3.8, 4) is 28.3 Å². The van der Waals surface area contributed by atoms with Gasteiger partial charge in [0.25, 0.3) is 0 Å². The van der Waals surface area contributed by atoms with Gasteiger partial charge in [-0.2, -0.15) is 10.2 Å². The number of rotatable bonds is 7. The van der Waals surface area contributed by atoms with Gasteiger partial charge in [-0.15, -0.1) is 0 Å². The van der Waals surface area contributed by atoms with Crippen LogP contribution in [0.5, 0.6) is 0 Å². The van der Waals surface area contributed by atoms with Crippen molar-refractivity contribution in [3.05, 3.63) is 77.9 Å². The summed E-state index contributed by atoms with van der Waals surface area (Å²) >= 11 is 0. The first-order chi connectivity index (χ1) is 17.0. The quantitative estimate of drug-likeness (QED) is 0.365. The summed E-state index contributed by atoms with van der Waals surface area (Å²) in [5.41, 5.74) is 13.4. The van der Waals surface area contributed by atoms with E-state index in [-0.39, 0.29) is 12.6 Å². The number of hydrogen-bond acceptors (Lipinski definition) is 6. The van der Waals surface area contributed by atoms with Crippen LogP contribution in [0, 0.1) is 6.92 Å². The fourth-order valence-electron chi connectivity index (χ4n) is 4.31. The Morgan fingerprint density at radius 3 is 2.60 bits per heavy atom. The van der Waals surface area contributed by atoms with Crippen molar-refractivity contribution in [1.29, 1.82) is 0 Å². The maximum absolute atomic E-state index is 9.57. The summed E-state index contributed by atoms with van der Waals surface area (Å²) in [6, 6.07) is 17.7. The lowest BCUT2D eigenvalue weighted by Crippen LogP contribution is -2.11. The molecule has 0 fully saturated rings. The van der Waals surface area contributed by atoms with E-state index in [0.29, 0.717) is 11.5 Å². The molecule has 0 amide bonds. The van der Waals surface area contributed by atoms with Crippen LogP contribution < -0.4 is 5.73 Å². The summed E-state index contributed by atoms with van der Waals surface area (Å²) in [7, 11) is 1.94. The second kappa shape index (κ2) is 9.40. The Labute approximate surface area is 204 Å². The summed E-state index contributed by atoms with van der Waals surface area (Å²) in [6.45, 7) is 4.02. The monoisotopic (exact) mass is 467 g/mol. The van der Waals surface area contributed by atoms with E-state index in [1.807, 2.05) is 55.2 Å². The summed E-state index contributed by atoms with van der Waals surface area (Å²) in [5, 5.41) is 19.9. The lowest BCUT2D eigenvalue weighted by atomic mass is 10.0. The zero-order valence-electron chi connectivity index (χ0n) is 20.2. The van der Waals surface area contributed by atoms with Crippen LogP contribution in [-0.2, 0) is 13.7 Å². The Kier molecular flexibility index (Phi) is 6.15. The number of fused-ring (bicyclic) bond motifs is 1. The van der Waals surface area contributed by atoms with E-state index in [0.717, 1.165) is 57.6 Å². The average Bonchev–Trinajstić information content (AvgIpc) is 3.46. The van der Waals surface area contributed by atoms with Crippen LogP contribution in [-0.4, -0.2) is 34.6 Å². The molecule has 178 valence electrons. The number of nitrogens with zero attached hydrogens (tertiary/aromatic N) is 6. The van der Waals surface area contributed by atoms with Crippen LogP contribution >= 0.6 is 0 Å². The molecule has 0 radical (unpaired) electrons. The van der Waals surface area contributed by atoms with E-state index in [2.05, 4.69) is 35.2 Å². The number of hydrogen-bond donors (Lipinski definition) is 2. The minimum Gasteiger partial charge on any atom is -0.390 e. The van der Waals surface area contributed by atoms with Crippen LogP contribution in [0.25, 0.3) is 39.2 Å². The summed E-state index contributed by atoms with van der Waals surface area (Å²) in [6.07, 6.45) is 3.72. The third-order valence-corrected chi connectivity index (χ3v) is 6.30. The van der Waals surface area contributed by atoms with E-state index >= 15 is 0 Å². The zero-order valence-corrected chi connectivity index (χ0v) is 20.2. The maximum Gasteiger partial charge on any atom is 0.154 e. The van der Waals surface area contributed by atoms with Gasteiger partial charge in [-0.25, -0.2) is 9.67 Å². The highest BCUT2D eigenvalue weighted by atomic mass is 16.3. The highest BCUT2D eigenvalue weighted by molar-refractivity contribution is 5.97. The van der Waals surface area contributed by atoms with Crippen molar-refractivity contribution < 1.29 is 5.11 Å². The number of benzene rings is 1. The summed E-state index contributed by atoms with van der Waals surface area (Å²) in [4.78, 5) is 9.47. The molecule has 0 aliphatic carbocycles. The van der Waals surface area contributed by atoms with Gasteiger partial charge in [0, 0.05) is 35.3 Å². The summed E-state index contributed by atoms with van der Waals surface area (Å²) < 4.78 is 3.66. The van der Waals surface area contributed by atoms with Gasteiger partial charge in [-0.05, 0) is 55.8 Å². The van der Waals surface area contributed by atoms with E-state index in [9.17, 15) is 5.11 Å². The first-order valence-corrected chi connectivity index (χ1v) is 11.8. The Morgan fingerprint density at radius 1 is 1.03 bits per heavy atom. The summed E-state index contributed by atoms with van der Waals surface area (Å²) in [5.74, 6) is 0.638. The number of aryl methyl sites for hydroxylation is 2. The molecule has 4 heterocycles. The van der Waals surface area contributed by atoms with Crippen LogP contribution in [0.4, 0.5) is 0 Å². The van der Waals surface area contributed by atoms with Crippen LogP contribution in [0.3, 0.4) is 0 Å². The lowest BCUT2D eigenvalue weighted by Gasteiger charge is -2.12. The molecule has 1 atom stereocenters. The highest BCUT2D eigenvalue weighted by Crippen LogP contribution is 2.34. The molecular formula is C27H29N7O. The van der Waals surface area contributed by atoms with Crippen LogP contribution in [0.15, 0.2) is 60.8 Å². The minimum absolute atomic E-state index is 0.0995. The topological polar surface area (TPSA) is 108 Å². The van der Waals surface area contributed by atoms with Gasteiger partial charge in [0.05, 0.1) is 41.1 Å². The Morgan fingerprint density at radius 2 is 1.86 bits per heavy atom. The average molecular weight is 468 g/mol. The molecule has 0 saturated heterocycles. The Bertz CT molecular complexity index is 1480. The normalized spacial score (nSPS) is 12.4. The molecule has 0 aliphatic rings. The van der Waals surface area contributed by atoms with E-state index < -0.39 is 0 Å². The number of aromatic nitrogens is 6. The lowest BCUT2D eigenvalue weighted by molar-refractivity contribution is 0.276. The maximum atomic E-state index is 9.57. The van der Waals surface area contributed by atoms with E-state index in [1.54, 1.807) is 10.7 Å². The zero-order chi connectivity index (χ0) is 24.5. The molecule has 8 heteroatoms. The van der Waals surface area contributed by atoms with Crippen LogP contribution in [0.1, 0.15) is 42.9 Å². The molecule has 0 spiro atoms. The van der Waals surface area contributed by atoms with Gasteiger partial charge in [0.1, 0.15) is 0 Å². The van der Waals surface area contributed by atoms with Crippen molar-refractivity contribution in [2.75, 3.05) is 0 Å². The molecule has 1 aromatic carbocycles. The van der Waals surface area contributed by atoms with Gasteiger partial charge in [-0.3, -0.25) is 9.67 Å². The van der Waals surface area contributed by atoms with Gasteiger partial charge < -0.3 is 10.8 Å². The highest BCUT2D eigenvalue weighted by Gasteiger charge is 2.17. The molecular weight excluding hydrogens is 438 g/mol. The van der Waals surface area contributed by atoms with Crippen molar-refractivity contribution >= 4 is 10.9 Å². The molecule has 8 nitrogen and oxygen atoms in total. The third-order valence-electron chi connectivity index (χ3n) is 6.30. The smallest absolute Gasteiger partial charge is 0.154 e. The number of pyridine rings is 2. The molecule has 0 saturated carbocycles. The van der Waals surface area contributed by atoms with E-state index in [4.69, 9.17) is 15.8 Å². The second-order valence-electron chi connectivity index (χ2n) is 8.80. The molecule has 3 N–H and O–H groups in total. The van der Waals surface area contributed by atoms with Gasteiger partial charge >= 0.3 is 0 Å². The second-order valence-corrected chi connectivity index (χ2v) is 8.80. The fourth-order valence-corrected chi connectivity index (χ4v) is 4.31. The third kappa shape index (κ3) is 4.34. The molecule has 5 rings (SSSR count). The first kappa shape index (κ1) is 22.9. The predicted molar refractivity (Wildman–Crippen MR) is 137 cm³/mol. The minimum atomic E-state index is -0.133.